The monoisotopic (exact) mass is 488 g/mol. The zero-order chi connectivity index (χ0) is 25.2. The second-order valence-electron chi connectivity index (χ2n) is 10.9. The van der Waals surface area contributed by atoms with Gasteiger partial charge in [-0.3, -0.25) is 0 Å². The molecule has 2 saturated carbocycles. The number of halogens is 3. The van der Waals surface area contributed by atoms with Crippen LogP contribution in [0.5, 0.6) is 0 Å². The number of aryl methyl sites for hydroxylation is 1. The van der Waals surface area contributed by atoms with Crippen LogP contribution < -0.4 is 0 Å². The Balaban J connectivity index is 1.24. The van der Waals surface area contributed by atoms with Crippen molar-refractivity contribution in [2.75, 3.05) is 0 Å². The Hall–Kier alpha value is -2.81. The summed E-state index contributed by atoms with van der Waals surface area (Å²) in [6.45, 7) is 5.51. The molecule has 0 radical (unpaired) electrons. The van der Waals surface area contributed by atoms with Gasteiger partial charge >= 0.3 is 0 Å². The Kier molecular flexibility index (Phi) is 7.37. The highest BCUT2D eigenvalue weighted by atomic mass is 19.2. The molecule has 36 heavy (non-hydrogen) atoms. The molecule has 0 N–H and O–H groups in total. The van der Waals surface area contributed by atoms with E-state index in [1.165, 1.54) is 38.5 Å². The maximum absolute atomic E-state index is 15.2. The normalized spacial score (nSPS) is 24.4. The van der Waals surface area contributed by atoms with E-state index in [4.69, 9.17) is 0 Å². The van der Waals surface area contributed by atoms with Gasteiger partial charge in [-0.15, -0.1) is 6.58 Å². The van der Waals surface area contributed by atoms with Crippen molar-refractivity contribution in [2.24, 2.45) is 17.8 Å². The topological polar surface area (TPSA) is 0 Å². The lowest BCUT2D eigenvalue weighted by Gasteiger charge is -2.37. The summed E-state index contributed by atoms with van der Waals surface area (Å²) in [5, 5.41) is 0. The van der Waals surface area contributed by atoms with Crippen LogP contribution in [0.25, 0.3) is 22.3 Å². The molecule has 3 heteroatoms. The SMILES string of the molecule is C=CC1CCC(C2CCC(c3ccc(-c4ccc(-c5ccc(C)c(F)c5F)cc4)c(F)c3)CC2)CC1. The van der Waals surface area contributed by atoms with Crippen molar-refractivity contribution in [3.8, 4) is 22.3 Å². The first-order chi connectivity index (χ1) is 17.4. The highest BCUT2D eigenvalue weighted by Gasteiger charge is 2.31. The molecule has 0 amide bonds. The third-order valence-electron chi connectivity index (χ3n) is 8.84. The molecular weight excluding hydrogens is 453 g/mol. The first kappa shape index (κ1) is 24.9. The van der Waals surface area contributed by atoms with Crippen molar-refractivity contribution < 1.29 is 13.2 Å². The first-order valence-corrected chi connectivity index (χ1v) is 13.4. The molecule has 2 aliphatic carbocycles. The van der Waals surface area contributed by atoms with Gasteiger partial charge in [-0.25, -0.2) is 13.2 Å². The standard InChI is InChI=1S/C33H35F3/c1-3-22-5-7-23(8-6-22)24-9-11-25(12-10-24)28-17-19-29(31(34)20-28)26-13-15-27(16-14-26)30-18-4-21(2)32(35)33(30)36/h3-4,13-20,22-25H,1,5-12H2,2H3. The number of hydrogen-bond acceptors (Lipinski definition) is 0. The Morgan fingerprint density at radius 1 is 0.667 bits per heavy atom. The lowest BCUT2D eigenvalue weighted by atomic mass is 9.68. The Morgan fingerprint density at radius 3 is 1.81 bits per heavy atom. The maximum Gasteiger partial charge on any atom is 0.166 e. The molecule has 0 unspecified atom stereocenters. The molecule has 5 rings (SSSR count). The molecule has 3 aromatic rings. The summed E-state index contributed by atoms with van der Waals surface area (Å²) in [4.78, 5) is 0. The molecule has 0 bridgehead atoms. The first-order valence-electron chi connectivity index (χ1n) is 13.4. The van der Waals surface area contributed by atoms with Crippen LogP contribution >= 0.6 is 0 Å². The van der Waals surface area contributed by atoms with Crippen LogP contribution in [0, 0.1) is 42.1 Å². The van der Waals surface area contributed by atoms with Gasteiger partial charge in [0.15, 0.2) is 11.6 Å². The molecule has 0 spiro atoms. The van der Waals surface area contributed by atoms with Crippen LogP contribution in [-0.2, 0) is 0 Å². The third-order valence-corrected chi connectivity index (χ3v) is 8.84. The lowest BCUT2D eigenvalue weighted by Crippen LogP contribution is -2.25. The fourth-order valence-electron chi connectivity index (χ4n) is 6.49. The fourth-order valence-corrected chi connectivity index (χ4v) is 6.49. The number of allylic oxidation sites excluding steroid dienone is 1. The van der Waals surface area contributed by atoms with Gasteiger partial charge in [-0.2, -0.15) is 0 Å². The predicted molar refractivity (Wildman–Crippen MR) is 142 cm³/mol. The summed E-state index contributed by atoms with van der Waals surface area (Å²) in [6, 6.07) is 15.8. The molecule has 3 aromatic carbocycles. The van der Waals surface area contributed by atoms with Crippen molar-refractivity contribution in [3.63, 3.8) is 0 Å². The van der Waals surface area contributed by atoms with Crippen LogP contribution in [0.1, 0.15) is 68.4 Å². The third kappa shape index (κ3) is 5.03. The minimum atomic E-state index is -0.850. The predicted octanol–water partition coefficient (Wildman–Crippen LogP) is 10.0. The Labute approximate surface area is 213 Å². The number of rotatable bonds is 5. The maximum atomic E-state index is 15.2. The summed E-state index contributed by atoms with van der Waals surface area (Å²) < 4.78 is 43.6. The highest BCUT2D eigenvalue weighted by molar-refractivity contribution is 5.71. The summed E-state index contributed by atoms with van der Waals surface area (Å²) >= 11 is 0. The van der Waals surface area contributed by atoms with E-state index in [0.29, 0.717) is 23.0 Å². The van der Waals surface area contributed by atoms with E-state index in [2.05, 4.69) is 18.7 Å². The molecule has 0 atom stereocenters. The van der Waals surface area contributed by atoms with Gasteiger partial charge in [0.05, 0.1) is 0 Å². The molecule has 188 valence electrons. The van der Waals surface area contributed by atoms with E-state index in [1.54, 1.807) is 49.4 Å². The molecule has 0 heterocycles. The smallest absolute Gasteiger partial charge is 0.166 e. The van der Waals surface area contributed by atoms with E-state index in [1.807, 2.05) is 6.07 Å². The molecule has 2 aliphatic rings. The quantitative estimate of drug-likeness (QED) is 0.313. The van der Waals surface area contributed by atoms with Crippen molar-refractivity contribution in [3.05, 3.63) is 95.8 Å². The molecular formula is C33H35F3. The van der Waals surface area contributed by atoms with Crippen LogP contribution in [0.3, 0.4) is 0 Å². The number of hydrogen-bond donors (Lipinski definition) is 0. The van der Waals surface area contributed by atoms with Gasteiger partial charge in [0.25, 0.3) is 0 Å². The summed E-state index contributed by atoms with van der Waals surface area (Å²) in [7, 11) is 0. The summed E-state index contributed by atoms with van der Waals surface area (Å²) in [5.41, 5.74) is 3.42. The van der Waals surface area contributed by atoms with Gasteiger partial charge in [0, 0.05) is 11.1 Å². The van der Waals surface area contributed by atoms with Crippen LogP contribution in [0.4, 0.5) is 13.2 Å². The van der Waals surface area contributed by atoms with Gasteiger partial charge in [0.2, 0.25) is 0 Å². The Morgan fingerprint density at radius 2 is 1.22 bits per heavy atom. The molecule has 0 aromatic heterocycles. The number of benzene rings is 3. The zero-order valence-electron chi connectivity index (χ0n) is 21.1. The van der Waals surface area contributed by atoms with Crippen molar-refractivity contribution in [1.82, 2.24) is 0 Å². The van der Waals surface area contributed by atoms with Crippen molar-refractivity contribution in [2.45, 2.75) is 64.2 Å². The minimum absolute atomic E-state index is 0.213. The lowest BCUT2D eigenvalue weighted by molar-refractivity contribution is 0.171. The van der Waals surface area contributed by atoms with Crippen LogP contribution in [0.15, 0.2) is 67.3 Å². The molecule has 0 nitrogen and oxygen atoms in total. The zero-order valence-corrected chi connectivity index (χ0v) is 21.1. The van der Waals surface area contributed by atoms with Crippen LogP contribution in [-0.4, -0.2) is 0 Å². The summed E-state index contributed by atoms with van der Waals surface area (Å²) in [5.74, 6) is 0.913. The van der Waals surface area contributed by atoms with E-state index >= 15 is 4.39 Å². The van der Waals surface area contributed by atoms with E-state index < -0.39 is 11.6 Å². The Bertz CT molecular complexity index is 1210. The van der Waals surface area contributed by atoms with Crippen LogP contribution in [0.2, 0.25) is 0 Å². The van der Waals surface area contributed by atoms with E-state index in [-0.39, 0.29) is 16.9 Å². The highest BCUT2D eigenvalue weighted by Crippen LogP contribution is 2.44. The molecule has 2 fully saturated rings. The van der Waals surface area contributed by atoms with Gasteiger partial charge in [-0.1, -0.05) is 54.6 Å². The van der Waals surface area contributed by atoms with Gasteiger partial charge < -0.3 is 0 Å². The minimum Gasteiger partial charge on any atom is -0.206 e. The van der Waals surface area contributed by atoms with Gasteiger partial charge in [0.1, 0.15) is 5.82 Å². The van der Waals surface area contributed by atoms with Crippen molar-refractivity contribution in [1.29, 1.82) is 0 Å². The van der Waals surface area contributed by atoms with E-state index in [9.17, 15) is 8.78 Å². The van der Waals surface area contributed by atoms with Gasteiger partial charge in [-0.05, 0) is 110 Å². The average molecular weight is 489 g/mol. The fraction of sp³-hybridized carbons (Fsp3) is 0.394. The van der Waals surface area contributed by atoms with Crippen molar-refractivity contribution >= 4 is 0 Å². The van der Waals surface area contributed by atoms with E-state index in [0.717, 1.165) is 35.8 Å². The summed E-state index contributed by atoms with van der Waals surface area (Å²) in [6.07, 6.45) is 12.1. The second-order valence-corrected chi connectivity index (χ2v) is 10.9. The largest absolute Gasteiger partial charge is 0.206 e. The molecule has 0 saturated heterocycles. The second kappa shape index (κ2) is 10.7. The molecule has 0 aliphatic heterocycles. The average Bonchev–Trinajstić information content (AvgIpc) is 2.92.